The van der Waals surface area contributed by atoms with Crippen LogP contribution < -0.4 is 10.6 Å². The first-order valence-corrected chi connectivity index (χ1v) is 9.90. The standard InChI is InChI=1S/C20H27ClFN5.HI/c1-4-23-20(24-11-16-17(21)6-5-7-18(16)22)25-15-9-8-14-12-27(13(2)3)26-19(14)10-15;/h5-7,12-13,15H,4,8-11H2,1-3H3,(H2,23,24,25);1H. The number of nitrogens with zero attached hydrogens (tertiary/aromatic N) is 3. The molecule has 0 aliphatic heterocycles. The van der Waals surface area contributed by atoms with E-state index in [4.69, 9.17) is 16.7 Å². The molecule has 0 spiro atoms. The summed E-state index contributed by atoms with van der Waals surface area (Å²) in [6.45, 7) is 7.21. The number of hydrogen-bond acceptors (Lipinski definition) is 2. The molecule has 0 fully saturated rings. The summed E-state index contributed by atoms with van der Waals surface area (Å²) in [5.74, 6) is 0.345. The highest BCUT2D eigenvalue weighted by atomic mass is 127. The van der Waals surface area contributed by atoms with Gasteiger partial charge in [-0.15, -0.1) is 24.0 Å². The molecule has 1 aliphatic carbocycles. The van der Waals surface area contributed by atoms with Crippen LogP contribution in [-0.2, 0) is 19.4 Å². The molecule has 0 radical (unpaired) electrons. The van der Waals surface area contributed by atoms with E-state index in [9.17, 15) is 4.39 Å². The molecular formula is C20H28ClFIN5. The molecule has 1 unspecified atom stereocenters. The van der Waals surface area contributed by atoms with Crippen molar-refractivity contribution in [3.05, 3.63) is 52.1 Å². The van der Waals surface area contributed by atoms with Gasteiger partial charge in [0.15, 0.2) is 5.96 Å². The Labute approximate surface area is 188 Å². The zero-order chi connectivity index (χ0) is 19.4. The SMILES string of the molecule is CCNC(=NCc1c(F)cccc1Cl)NC1CCc2cn(C(C)C)nc2C1.I. The Morgan fingerprint density at radius 3 is 2.89 bits per heavy atom. The Kier molecular flexibility index (Phi) is 8.55. The number of benzene rings is 1. The molecule has 1 aliphatic rings. The number of fused-ring (bicyclic) bond motifs is 1. The van der Waals surface area contributed by atoms with Crippen LogP contribution in [0, 0.1) is 5.82 Å². The first kappa shape index (κ1) is 22.9. The molecule has 1 atom stereocenters. The number of guanidine groups is 1. The van der Waals surface area contributed by atoms with E-state index in [-0.39, 0.29) is 42.4 Å². The first-order valence-electron chi connectivity index (χ1n) is 9.52. The van der Waals surface area contributed by atoms with Crippen LogP contribution in [0.4, 0.5) is 4.39 Å². The third-order valence-electron chi connectivity index (χ3n) is 4.77. The van der Waals surface area contributed by atoms with Crippen molar-refractivity contribution in [2.24, 2.45) is 4.99 Å². The molecule has 1 aromatic carbocycles. The quantitative estimate of drug-likeness (QED) is 0.348. The number of hydrogen-bond donors (Lipinski definition) is 2. The van der Waals surface area contributed by atoms with E-state index in [1.807, 2.05) is 11.6 Å². The summed E-state index contributed by atoms with van der Waals surface area (Å²) in [5, 5.41) is 11.8. The van der Waals surface area contributed by atoms with Gasteiger partial charge in [-0.3, -0.25) is 4.68 Å². The van der Waals surface area contributed by atoms with Gasteiger partial charge in [0.2, 0.25) is 0 Å². The molecule has 1 aromatic heterocycles. The maximum atomic E-state index is 14.0. The molecule has 0 saturated carbocycles. The van der Waals surface area contributed by atoms with Gasteiger partial charge < -0.3 is 10.6 Å². The second-order valence-corrected chi connectivity index (χ2v) is 7.56. The summed E-state index contributed by atoms with van der Waals surface area (Å²) in [6.07, 6.45) is 5.04. The van der Waals surface area contributed by atoms with Gasteiger partial charge in [-0.2, -0.15) is 5.10 Å². The van der Waals surface area contributed by atoms with Crippen molar-refractivity contribution in [3.8, 4) is 0 Å². The van der Waals surface area contributed by atoms with Crippen molar-refractivity contribution in [2.45, 2.75) is 58.7 Å². The topological polar surface area (TPSA) is 54.2 Å². The summed E-state index contributed by atoms with van der Waals surface area (Å²) in [4.78, 5) is 4.53. The third-order valence-corrected chi connectivity index (χ3v) is 5.12. The number of aryl methyl sites for hydroxylation is 1. The minimum Gasteiger partial charge on any atom is -0.357 e. The van der Waals surface area contributed by atoms with Gasteiger partial charge in [0, 0.05) is 41.8 Å². The Balaban J connectivity index is 0.00000280. The van der Waals surface area contributed by atoms with Crippen molar-refractivity contribution in [2.75, 3.05) is 6.54 Å². The lowest BCUT2D eigenvalue weighted by Crippen LogP contribution is -2.45. The fourth-order valence-corrected chi connectivity index (χ4v) is 3.48. The molecule has 1 heterocycles. The van der Waals surface area contributed by atoms with E-state index in [0.29, 0.717) is 22.6 Å². The van der Waals surface area contributed by atoms with E-state index in [1.165, 1.54) is 11.6 Å². The fraction of sp³-hybridized carbons (Fsp3) is 0.500. The maximum absolute atomic E-state index is 14.0. The lowest BCUT2D eigenvalue weighted by molar-refractivity contribution is 0.499. The largest absolute Gasteiger partial charge is 0.357 e. The van der Waals surface area contributed by atoms with Crippen molar-refractivity contribution < 1.29 is 4.39 Å². The highest BCUT2D eigenvalue weighted by Gasteiger charge is 2.23. The van der Waals surface area contributed by atoms with Gasteiger partial charge in [0.1, 0.15) is 5.82 Å². The van der Waals surface area contributed by atoms with Crippen molar-refractivity contribution in [3.63, 3.8) is 0 Å². The van der Waals surface area contributed by atoms with Crippen molar-refractivity contribution in [1.82, 2.24) is 20.4 Å². The monoisotopic (exact) mass is 519 g/mol. The number of nitrogens with one attached hydrogen (secondary N) is 2. The summed E-state index contributed by atoms with van der Waals surface area (Å²) < 4.78 is 16.0. The second-order valence-electron chi connectivity index (χ2n) is 7.15. The zero-order valence-electron chi connectivity index (χ0n) is 16.5. The number of aromatic nitrogens is 2. The second kappa shape index (κ2) is 10.4. The number of halogens is 3. The normalized spacial score (nSPS) is 16.5. The minimum atomic E-state index is -0.330. The summed E-state index contributed by atoms with van der Waals surface area (Å²) in [7, 11) is 0. The van der Waals surface area contributed by atoms with E-state index >= 15 is 0 Å². The number of rotatable bonds is 5. The van der Waals surface area contributed by atoms with Crippen molar-refractivity contribution >= 4 is 41.5 Å². The molecule has 154 valence electrons. The Morgan fingerprint density at radius 2 is 2.21 bits per heavy atom. The van der Waals surface area contributed by atoms with Gasteiger partial charge in [-0.1, -0.05) is 17.7 Å². The molecular weight excluding hydrogens is 492 g/mol. The fourth-order valence-electron chi connectivity index (χ4n) is 3.26. The van der Waals surface area contributed by atoms with E-state index < -0.39 is 0 Å². The highest BCUT2D eigenvalue weighted by molar-refractivity contribution is 14.0. The molecule has 0 amide bonds. The van der Waals surface area contributed by atoms with E-state index in [1.54, 1.807) is 12.1 Å². The molecule has 0 bridgehead atoms. The summed E-state index contributed by atoms with van der Waals surface area (Å²) >= 11 is 6.11. The molecule has 2 N–H and O–H groups in total. The smallest absolute Gasteiger partial charge is 0.191 e. The molecule has 3 rings (SSSR count). The average molecular weight is 520 g/mol. The molecule has 2 aromatic rings. The van der Waals surface area contributed by atoms with Crippen LogP contribution in [0.2, 0.25) is 5.02 Å². The predicted octanol–water partition coefficient (Wildman–Crippen LogP) is 4.49. The average Bonchev–Trinajstić information content (AvgIpc) is 3.05. The molecule has 8 heteroatoms. The van der Waals surface area contributed by atoms with Gasteiger partial charge in [-0.05, 0) is 51.3 Å². The molecule has 0 saturated heterocycles. The van der Waals surface area contributed by atoms with Crippen LogP contribution in [0.5, 0.6) is 0 Å². The van der Waals surface area contributed by atoms with Crippen molar-refractivity contribution in [1.29, 1.82) is 0 Å². The third kappa shape index (κ3) is 5.59. The maximum Gasteiger partial charge on any atom is 0.191 e. The Morgan fingerprint density at radius 1 is 1.43 bits per heavy atom. The van der Waals surface area contributed by atoms with Crippen LogP contribution in [0.1, 0.15) is 50.1 Å². The Bertz CT molecular complexity index is 801. The summed E-state index contributed by atoms with van der Waals surface area (Å²) in [5.41, 5.74) is 2.90. The lowest BCUT2D eigenvalue weighted by Gasteiger charge is -2.24. The predicted molar refractivity (Wildman–Crippen MR) is 123 cm³/mol. The molecule has 28 heavy (non-hydrogen) atoms. The minimum absolute atomic E-state index is 0. The van der Waals surface area contributed by atoms with Gasteiger partial charge in [0.05, 0.1) is 12.2 Å². The lowest BCUT2D eigenvalue weighted by atomic mass is 9.94. The summed E-state index contributed by atoms with van der Waals surface area (Å²) in [6, 6.07) is 5.31. The van der Waals surface area contributed by atoms with E-state index in [0.717, 1.165) is 31.5 Å². The number of aliphatic imine (C=N–C) groups is 1. The van der Waals surface area contributed by atoms with Crippen LogP contribution in [-0.4, -0.2) is 28.3 Å². The van der Waals surface area contributed by atoms with Gasteiger partial charge in [-0.25, -0.2) is 9.38 Å². The molecule has 5 nitrogen and oxygen atoms in total. The zero-order valence-corrected chi connectivity index (χ0v) is 19.6. The Hall–Kier alpha value is -1.35. The van der Waals surface area contributed by atoms with Crippen LogP contribution in [0.25, 0.3) is 0 Å². The van der Waals surface area contributed by atoms with Crippen LogP contribution in [0.3, 0.4) is 0 Å². The van der Waals surface area contributed by atoms with Crippen LogP contribution >= 0.6 is 35.6 Å². The van der Waals surface area contributed by atoms with Gasteiger partial charge in [0.25, 0.3) is 0 Å². The first-order chi connectivity index (χ1) is 13.0. The van der Waals surface area contributed by atoms with Crippen LogP contribution in [0.15, 0.2) is 29.4 Å². The van der Waals surface area contributed by atoms with E-state index in [2.05, 4.69) is 35.7 Å². The van der Waals surface area contributed by atoms with Gasteiger partial charge >= 0.3 is 0 Å². The highest BCUT2D eigenvalue weighted by Crippen LogP contribution is 2.22.